The number of nitrogens with one attached hydrogen (secondary N) is 2. The van der Waals surface area contributed by atoms with Gasteiger partial charge in [-0.25, -0.2) is 28.0 Å². The number of rotatable bonds is 7. The standard InChI is InChI=1S/C23H22N4O6S2/c1-13-9-10-16(15(12-13)19(28)14-6-2-3-7-14)25-22(31)27-23-26-18(20(29)30)21(34-23)35(32,33)17-8-4-5-11-24-17/h4-5,8-12,14H,2-3,6-7H2,1H3,(H,29,30)(H2,25,26,27,31). The molecule has 3 aromatic rings. The number of Topliss-reactive ketones (excluding diaryl/α,β-unsaturated/α-hetero) is 1. The van der Waals surface area contributed by atoms with Crippen molar-refractivity contribution in [2.24, 2.45) is 5.92 Å². The minimum Gasteiger partial charge on any atom is -0.476 e. The number of amides is 2. The number of benzene rings is 1. The molecule has 1 aliphatic rings. The minimum absolute atomic E-state index is 0.0346. The maximum absolute atomic E-state index is 13.0. The molecule has 0 bridgehead atoms. The first-order valence-corrected chi connectivity index (χ1v) is 13.1. The molecule has 2 aromatic heterocycles. The van der Waals surface area contributed by atoms with Crippen molar-refractivity contribution in [1.29, 1.82) is 0 Å². The Balaban J connectivity index is 1.58. The van der Waals surface area contributed by atoms with Crippen LogP contribution < -0.4 is 10.6 Å². The molecule has 0 saturated heterocycles. The van der Waals surface area contributed by atoms with Crippen LogP contribution in [0.3, 0.4) is 0 Å². The van der Waals surface area contributed by atoms with Crippen molar-refractivity contribution in [2.75, 3.05) is 10.6 Å². The molecule has 2 heterocycles. The fourth-order valence-electron chi connectivity index (χ4n) is 3.91. The van der Waals surface area contributed by atoms with E-state index in [9.17, 15) is 27.9 Å². The molecule has 182 valence electrons. The summed E-state index contributed by atoms with van der Waals surface area (Å²) >= 11 is 0.503. The highest BCUT2D eigenvalue weighted by atomic mass is 32.2. The van der Waals surface area contributed by atoms with Crippen LogP contribution in [0.15, 0.2) is 51.8 Å². The van der Waals surface area contributed by atoms with Crippen LogP contribution in [0.5, 0.6) is 0 Å². The number of anilines is 2. The molecule has 3 N–H and O–H groups in total. The van der Waals surface area contributed by atoms with Crippen LogP contribution in [-0.2, 0) is 9.84 Å². The number of carboxylic acids is 1. The Morgan fingerprint density at radius 2 is 1.83 bits per heavy atom. The SMILES string of the molecule is Cc1ccc(NC(=O)Nc2nc(C(=O)O)c(S(=O)(=O)c3ccccn3)s2)c(C(=O)C2CCCC2)c1. The first-order chi connectivity index (χ1) is 16.7. The van der Waals surface area contributed by atoms with Crippen LogP contribution in [0, 0.1) is 12.8 Å². The summed E-state index contributed by atoms with van der Waals surface area (Å²) in [5.41, 5.74) is 0.855. The Hall–Kier alpha value is -3.64. The van der Waals surface area contributed by atoms with E-state index in [1.807, 2.05) is 6.92 Å². The third-order valence-corrected chi connectivity index (χ3v) is 8.74. The average Bonchev–Trinajstić information content (AvgIpc) is 3.51. The summed E-state index contributed by atoms with van der Waals surface area (Å²) < 4.78 is 25.3. The van der Waals surface area contributed by atoms with E-state index in [1.54, 1.807) is 18.2 Å². The van der Waals surface area contributed by atoms with Crippen molar-refractivity contribution in [1.82, 2.24) is 9.97 Å². The largest absolute Gasteiger partial charge is 0.476 e. The van der Waals surface area contributed by atoms with Gasteiger partial charge in [0.05, 0.1) is 5.69 Å². The van der Waals surface area contributed by atoms with E-state index in [0.29, 0.717) is 22.6 Å². The number of aryl methyl sites for hydroxylation is 1. The fourth-order valence-corrected chi connectivity index (χ4v) is 6.56. The molecule has 0 atom stereocenters. The van der Waals surface area contributed by atoms with Gasteiger partial charge >= 0.3 is 12.0 Å². The Morgan fingerprint density at radius 1 is 1.09 bits per heavy atom. The second-order valence-electron chi connectivity index (χ2n) is 8.11. The van der Waals surface area contributed by atoms with Crippen LogP contribution >= 0.6 is 11.3 Å². The van der Waals surface area contributed by atoms with E-state index in [4.69, 9.17) is 0 Å². The van der Waals surface area contributed by atoms with Crippen molar-refractivity contribution < 1.29 is 27.9 Å². The number of sulfone groups is 1. The van der Waals surface area contributed by atoms with Gasteiger partial charge in [-0.2, -0.15) is 0 Å². The van der Waals surface area contributed by atoms with Gasteiger partial charge in [0.2, 0.25) is 9.84 Å². The molecule has 10 nitrogen and oxygen atoms in total. The third kappa shape index (κ3) is 5.23. The Bertz CT molecular complexity index is 1400. The number of carbonyl (C=O) groups excluding carboxylic acids is 2. The summed E-state index contributed by atoms with van der Waals surface area (Å²) in [4.78, 5) is 44.9. The van der Waals surface area contributed by atoms with Crippen LogP contribution in [0.1, 0.15) is 52.1 Å². The lowest BCUT2D eigenvalue weighted by atomic mass is 9.94. The average molecular weight is 515 g/mol. The van der Waals surface area contributed by atoms with Gasteiger partial charge in [0, 0.05) is 17.7 Å². The number of aromatic nitrogens is 2. The van der Waals surface area contributed by atoms with E-state index in [2.05, 4.69) is 20.6 Å². The first-order valence-electron chi connectivity index (χ1n) is 10.8. The van der Waals surface area contributed by atoms with E-state index in [-0.39, 0.29) is 21.9 Å². The van der Waals surface area contributed by atoms with Gasteiger partial charge in [0.25, 0.3) is 0 Å². The molecule has 4 rings (SSSR count). The van der Waals surface area contributed by atoms with Crippen LogP contribution in [0.25, 0.3) is 0 Å². The highest BCUT2D eigenvalue weighted by Gasteiger charge is 2.31. The lowest BCUT2D eigenvalue weighted by molar-refractivity contribution is 0.0687. The molecule has 1 saturated carbocycles. The predicted octanol–water partition coefficient (Wildman–Crippen LogP) is 4.39. The molecule has 0 unspecified atom stereocenters. The van der Waals surface area contributed by atoms with E-state index < -0.39 is 31.7 Å². The zero-order valence-corrected chi connectivity index (χ0v) is 20.3. The lowest BCUT2D eigenvalue weighted by Crippen LogP contribution is -2.22. The van der Waals surface area contributed by atoms with Crippen molar-refractivity contribution in [3.05, 3.63) is 59.4 Å². The molecule has 12 heteroatoms. The van der Waals surface area contributed by atoms with Gasteiger partial charge in [-0.1, -0.05) is 41.9 Å². The van der Waals surface area contributed by atoms with Crippen LogP contribution in [-0.4, -0.2) is 41.3 Å². The van der Waals surface area contributed by atoms with Gasteiger partial charge in [-0.05, 0) is 44.0 Å². The molecule has 1 aromatic carbocycles. The maximum atomic E-state index is 13.0. The normalized spacial score (nSPS) is 14.0. The van der Waals surface area contributed by atoms with Gasteiger partial charge in [-0.3, -0.25) is 10.1 Å². The summed E-state index contributed by atoms with van der Waals surface area (Å²) in [6, 6.07) is 8.53. The maximum Gasteiger partial charge on any atom is 0.356 e. The van der Waals surface area contributed by atoms with Crippen molar-refractivity contribution in [2.45, 2.75) is 41.8 Å². The molecule has 35 heavy (non-hydrogen) atoms. The zero-order chi connectivity index (χ0) is 25.2. The van der Waals surface area contributed by atoms with Gasteiger partial charge < -0.3 is 10.4 Å². The number of hydrogen-bond acceptors (Lipinski definition) is 8. The molecule has 1 fully saturated rings. The predicted molar refractivity (Wildman–Crippen MR) is 129 cm³/mol. The Kier molecular flexibility index (Phi) is 6.94. The van der Waals surface area contributed by atoms with E-state index in [1.165, 1.54) is 24.4 Å². The number of ketones is 1. The second kappa shape index (κ2) is 9.92. The zero-order valence-electron chi connectivity index (χ0n) is 18.6. The van der Waals surface area contributed by atoms with Gasteiger partial charge in [0.15, 0.2) is 25.8 Å². The monoisotopic (exact) mass is 514 g/mol. The molecular formula is C23H22N4O6S2. The number of hydrogen-bond donors (Lipinski definition) is 3. The molecular weight excluding hydrogens is 492 g/mol. The summed E-state index contributed by atoms with van der Waals surface area (Å²) in [6.45, 7) is 1.85. The quantitative estimate of drug-likeness (QED) is 0.392. The second-order valence-corrected chi connectivity index (χ2v) is 11.2. The summed E-state index contributed by atoms with van der Waals surface area (Å²) in [7, 11) is -4.27. The number of carboxylic acid groups (broad SMARTS) is 1. The Morgan fingerprint density at radius 3 is 2.49 bits per heavy atom. The van der Waals surface area contributed by atoms with Crippen molar-refractivity contribution >= 4 is 49.8 Å². The molecule has 0 radical (unpaired) electrons. The van der Waals surface area contributed by atoms with Crippen molar-refractivity contribution in [3.8, 4) is 0 Å². The summed E-state index contributed by atoms with van der Waals surface area (Å²) in [5.74, 6) is -1.68. The number of thiazole rings is 1. The smallest absolute Gasteiger partial charge is 0.356 e. The van der Waals surface area contributed by atoms with Gasteiger partial charge in [0.1, 0.15) is 0 Å². The topological polar surface area (TPSA) is 155 Å². The number of urea groups is 1. The van der Waals surface area contributed by atoms with E-state index in [0.717, 1.165) is 31.2 Å². The molecule has 1 aliphatic carbocycles. The summed E-state index contributed by atoms with van der Waals surface area (Å²) in [6.07, 6.45) is 4.87. The Labute approximate surface area is 205 Å². The number of pyridine rings is 1. The molecule has 0 aliphatic heterocycles. The third-order valence-electron chi connectivity index (χ3n) is 5.59. The highest BCUT2D eigenvalue weighted by molar-refractivity contribution is 7.93. The number of nitrogens with zero attached hydrogens (tertiary/aromatic N) is 2. The molecule has 2 amide bonds. The van der Waals surface area contributed by atoms with Crippen LogP contribution in [0.2, 0.25) is 0 Å². The highest BCUT2D eigenvalue weighted by Crippen LogP contribution is 2.33. The number of aromatic carboxylic acids is 1. The number of carbonyl (C=O) groups is 3. The minimum atomic E-state index is -4.27. The summed E-state index contributed by atoms with van der Waals surface area (Å²) in [5, 5.41) is 13.9. The van der Waals surface area contributed by atoms with E-state index >= 15 is 0 Å². The fraction of sp³-hybridized carbons (Fsp3) is 0.261. The van der Waals surface area contributed by atoms with Gasteiger partial charge in [-0.15, -0.1) is 0 Å². The van der Waals surface area contributed by atoms with Crippen LogP contribution in [0.4, 0.5) is 15.6 Å². The first kappa shape index (κ1) is 24.5. The van der Waals surface area contributed by atoms with Crippen molar-refractivity contribution in [3.63, 3.8) is 0 Å². The lowest BCUT2D eigenvalue weighted by Gasteiger charge is -2.14. The molecule has 0 spiro atoms.